The maximum absolute atomic E-state index is 12.8. The van der Waals surface area contributed by atoms with Crippen molar-refractivity contribution in [2.24, 2.45) is 0 Å². The van der Waals surface area contributed by atoms with Crippen molar-refractivity contribution in [1.29, 1.82) is 0 Å². The van der Waals surface area contributed by atoms with E-state index in [0.29, 0.717) is 59.4 Å². The third kappa shape index (κ3) is 5.28. The Morgan fingerprint density at radius 2 is 2.09 bits per heavy atom. The number of aromatic nitrogens is 4. The van der Waals surface area contributed by atoms with Crippen LogP contribution in [0.1, 0.15) is 17.7 Å². The number of thioether (sulfide) groups is 1. The lowest BCUT2D eigenvalue weighted by Gasteiger charge is -2.33. The quantitative estimate of drug-likeness (QED) is 0.462. The fourth-order valence-electron chi connectivity index (χ4n) is 3.51. The van der Waals surface area contributed by atoms with Crippen LogP contribution in [0.3, 0.4) is 0 Å². The molecule has 8 nitrogen and oxygen atoms in total. The second-order valence-electron chi connectivity index (χ2n) is 7.39. The number of nitrogens with zero attached hydrogens (tertiary/aromatic N) is 5. The fraction of sp³-hybridized carbons (Fsp3) is 0.429. The number of ether oxygens (including phenoxy) is 2. The third-order valence-electron chi connectivity index (χ3n) is 5.13. The van der Waals surface area contributed by atoms with Crippen molar-refractivity contribution in [2.45, 2.75) is 31.0 Å². The van der Waals surface area contributed by atoms with Gasteiger partial charge in [0.1, 0.15) is 12.7 Å². The number of halogens is 2. The molecule has 11 heteroatoms. The molecule has 0 radical (unpaired) electrons. The molecule has 1 aliphatic heterocycles. The molecule has 0 saturated carbocycles. The number of carbonyl (C=O) groups excluding carboxylic acids is 1. The lowest BCUT2D eigenvalue weighted by Crippen LogP contribution is -2.47. The van der Waals surface area contributed by atoms with Crippen LogP contribution in [0.4, 0.5) is 0 Å². The zero-order valence-electron chi connectivity index (χ0n) is 17.8. The van der Waals surface area contributed by atoms with E-state index in [1.54, 1.807) is 27.6 Å². The van der Waals surface area contributed by atoms with Gasteiger partial charge in [0.2, 0.25) is 16.9 Å². The number of benzene rings is 1. The van der Waals surface area contributed by atoms with Crippen molar-refractivity contribution in [2.75, 3.05) is 32.6 Å². The maximum Gasteiger partial charge on any atom is 0.256 e. The summed E-state index contributed by atoms with van der Waals surface area (Å²) in [5, 5.41) is 6.18. The highest BCUT2D eigenvalue weighted by Crippen LogP contribution is 2.26. The predicted octanol–water partition coefficient (Wildman–Crippen LogP) is 3.70. The van der Waals surface area contributed by atoms with Gasteiger partial charge in [-0.25, -0.2) is 4.98 Å². The van der Waals surface area contributed by atoms with Crippen molar-refractivity contribution in [3.8, 4) is 5.88 Å². The van der Waals surface area contributed by atoms with Gasteiger partial charge < -0.3 is 14.4 Å². The Morgan fingerprint density at radius 1 is 1.31 bits per heavy atom. The van der Waals surface area contributed by atoms with Crippen molar-refractivity contribution in [3.63, 3.8) is 0 Å². The lowest BCUT2D eigenvalue weighted by atomic mass is 10.1. The van der Waals surface area contributed by atoms with Crippen molar-refractivity contribution < 1.29 is 14.3 Å². The fourth-order valence-corrected chi connectivity index (χ4v) is 4.43. The van der Waals surface area contributed by atoms with Crippen LogP contribution in [0.5, 0.6) is 5.88 Å². The summed E-state index contributed by atoms with van der Waals surface area (Å²) in [7, 11) is 0. The van der Waals surface area contributed by atoms with Crippen molar-refractivity contribution in [1.82, 2.24) is 24.5 Å². The van der Waals surface area contributed by atoms with E-state index in [9.17, 15) is 4.79 Å². The third-order valence-corrected chi connectivity index (χ3v) is 6.38. The van der Waals surface area contributed by atoms with Gasteiger partial charge in [0.15, 0.2) is 0 Å². The predicted molar refractivity (Wildman–Crippen MR) is 124 cm³/mol. The van der Waals surface area contributed by atoms with Crippen LogP contribution in [0.25, 0.3) is 5.78 Å². The Balaban J connectivity index is 1.36. The molecular weight excluding hydrogens is 473 g/mol. The highest BCUT2D eigenvalue weighted by atomic mass is 35.5. The highest BCUT2D eigenvalue weighted by Gasteiger charge is 2.25. The first kappa shape index (κ1) is 23.1. The van der Waals surface area contributed by atoms with E-state index in [-0.39, 0.29) is 18.6 Å². The standard InChI is InChI=1S/C21H23Cl2N5O3S/c1-13-10-19(28-20(24-13)25-21(26-28)32-2)31-12-14-11-27(8-9-30-14)18(29)7-6-15-16(22)4-3-5-17(15)23/h3-5,10,14H,6-9,11-12H2,1-2H3. The molecule has 0 N–H and O–H groups in total. The average molecular weight is 496 g/mol. The summed E-state index contributed by atoms with van der Waals surface area (Å²) in [6.45, 7) is 3.62. The zero-order valence-corrected chi connectivity index (χ0v) is 20.1. The minimum absolute atomic E-state index is 0.0392. The number of hydrogen-bond acceptors (Lipinski definition) is 7. The van der Waals surface area contributed by atoms with Crippen LogP contribution in [0.15, 0.2) is 29.4 Å². The van der Waals surface area contributed by atoms with E-state index in [4.69, 9.17) is 32.7 Å². The first-order valence-electron chi connectivity index (χ1n) is 10.2. The van der Waals surface area contributed by atoms with Crippen LogP contribution in [0.2, 0.25) is 10.0 Å². The normalized spacial score (nSPS) is 16.5. The number of amides is 1. The lowest BCUT2D eigenvalue weighted by molar-refractivity contribution is -0.139. The molecule has 3 aromatic rings. The molecule has 1 fully saturated rings. The number of aryl methyl sites for hydroxylation is 1. The summed E-state index contributed by atoms with van der Waals surface area (Å²) in [5.41, 5.74) is 1.58. The first-order chi connectivity index (χ1) is 15.4. The molecule has 3 heterocycles. The molecule has 1 atom stereocenters. The summed E-state index contributed by atoms with van der Waals surface area (Å²) >= 11 is 13.9. The molecule has 1 unspecified atom stereocenters. The summed E-state index contributed by atoms with van der Waals surface area (Å²) in [4.78, 5) is 23.3. The smallest absolute Gasteiger partial charge is 0.256 e. The topological polar surface area (TPSA) is 81.9 Å². The molecule has 1 amide bonds. The van der Waals surface area contributed by atoms with Gasteiger partial charge in [0, 0.05) is 34.8 Å². The second-order valence-corrected chi connectivity index (χ2v) is 8.98. The number of hydrogen-bond donors (Lipinski definition) is 0. The second kappa shape index (κ2) is 10.2. The molecular formula is C21H23Cl2N5O3S. The van der Waals surface area contributed by atoms with E-state index in [2.05, 4.69) is 15.1 Å². The van der Waals surface area contributed by atoms with Crippen LogP contribution >= 0.6 is 35.0 Å². The Labute approximate surface area is 200 Å². The van der Waals surface area contributed by atoms with Crippen LogP contribution in [-0.2, 0) is 16.0 Å². The van der Waals surface area contributed by atoms with E-state index in [0.717, 1.165) is 11.3 Å². The van der Waals surface area contributed by atoms with Gasteiger partial charge in [-0.3, -0.25) is 4.79 Å². The molecule has 0 spiro atoms. The number of carbonyl (C=O) groups is 1. The number of rotatable bonds is 7. The summed E-state index contributed by atoms with van der Waals surface area (Å²) in [6, 6.07) is 7.17. The van der Waals surface area contributed by atoms with Crippen LogP contribution < -0.4 is 4.74 Å². The van der Waals surface area contributed by atoms with Gasteiger partial charge >= 0.3 is 0 Å². The largest absolute Gasteiger partial charge is 0.475 e. The minimum atomic E-state index is -0.247. The first-order valence-corrected chi connectivity index (χ1v) is 12.2. The van der Waals surface area contributed by atoms with E-state index in [1.807, 2.05) is 19.2 Å². The average Bonchev–Trinajstić information content (AvgIpc) is 3.20. The van der Waals surface area contributed by atoms with Gasteiger partial charge in [-0.2, -0.15) is 9.50 Å². The van der Waals surface area contributed by atoms with Gasteiger partial charge in [0.05, 0.1) is 13.2 Å². The van der Waals surface area contributed by atoms with Crippen LogP contribution in [-0.4, -0.2) is 69.1 Å². The molecule has 0 bridgehead atoms. The van der Waals surface area contributed by atoms with Crippen molar-refractivity contribution >= 4 is 46.6 Å². The molecule has 1 aromatic carbocycles. The Hall–Kier alpha value is -2.07. The van der Waals surface area contributed by atoms with E-state index < -0.39 is 0 Å². The molecule has 170 valence electrons. The summed E-state index contributed by atoms with van der Waals surface area (Å²) < 4.78 is 13.4. The molecule has 1 saturated heterocycles. The number of fused-ring (bicyclic) bond motifs is 1. The van der Waals surface area contributed by atoms with Gasteiger partial charge in [-0.05, 0) is 37.3 Å². The summed E-state index contributed by atoms with van der Waals surface area (Å²) in [6.07, 6.45) is 2.48. The SMILES string of the molecule is CSc1nc2nc(C)cc(OCC3CN(C(=O)CCc4c(Cl)cccc4Cl)CCO3)n2n1. The molecule has 4 rings (SSSR count). The molecule has 2 aromatic heterocycles. The Morgan fingerprint density at radius 3 is 2.84 bits per heavy atom. The Bertz CT molecular complexity index is 1110. The van der Waals surface area contributed by atoms with Gasteiger partial charge in [-0.1, -0.05) is 41.0 Å². The Kier molecular flexibility index (Phi) is 7.40. The maximum atomic E-state index is 12.8. The van der Waals surface area contributed by atoms with E-state index >= 15 is 0 Å². The van der Waals surface area contributed by atoms with E-state index in [1.165, 1.54) is 11.8 Å². The number of morpholine rings is 1. The van der Waals surface area contributed by atoms with Gasteiger partial charge in [0.25, 0.3) is 5.78 Å². The molecule has 0 aliphatic carbocycles. The summed E-state index contributed by atoms with van der Waals surface area (Å²) in [5.74, 6) is 1.07. The van der Waals surface area contributed by atoms with Crippen molar-refractivity contribution in [3.05, 3.63) is 45.6 Å². The molecule has 32 heavy (non-hydrogen) atoms. The minimum Gasteiger partial charge on any atom is -0.475 e. The van der Waals surface area contributed by atoms with Gasteiger partial charge in [-0.15, -0.1) is 5.10 Å². The molecule has 1 aliphatic rings. The van der Waals surface area contributed by atoms with Crippen LogP contribution in [0, 0.1) is 6.92 Å². The monoisotopic (exact) mass is 495 g/mol. The zero-order chi connectivity index (χ0) is 22.7. The highest BCUT2D eigenvalue weighted by molar-refractivity contribution is 7.98.